The van der Waals surface area contributed by atoms with Crippen LogP contribution in [0.5, 0.6) is 0 Å². The third-order valence-corrected chi connectivity index (χ3v) is 2.24. The van der Waals surface area contributed by atoms with Crippen LogP contribution in [0.1, 0.15) is 38.5 Å². The lowest BCUT2D eigenvalue weighted by molar-refractivity contribution is -0.144. The number of hydrogen-bond acceptors (Lipinski definition) is 3. The van der Waals surface area contributed by atoms with Crippen LogP contribution >= 0.6 is 0 Å². The lowest BCUT2D eigenvalue weighted by Gasteiger charge is -2.10. The van der Waals surface area contributed by atoms with Crippen LogP contribution in [-0.4, -0.2) is 33.2 Å². The van der Waals surface area contributed by atoms with Crippen LogP contribution in [0.15, 0.2) is 0 Å². The molecule has 0 heterocycles. The maximum absolute atomic E-state index is 10.8. The van der Waals surface area contributed by atoms with Gasteiger partial charge in [0, 0.05) is 12.8 Å². The Morgan fingerprint density at radius 3 is 1.44 bits per heavy atom. The fraction of sp³-hybridized carbons (Fsp3) is 0.700. The number of carbonyl (C=O) groups is 3. The third kappa shape index (κ3) is 7.78. The highest BCUT2D eigenvalue weighted by Gasteiger charge is 2.17. The molecule has 0 aromatic rings. The fourth-order valence-corrected chi connectivity index (χ4v) is 1.39. The molecule has 0 spiro atoms. The van der Waals surface area contributed by atoms with E-state index in [-0.39, 0.29) is 25.7 Å². The monoisotopic (exact) mass is 232 g/mol. The number of carboxylic acid groups (broad SMARTS) is 3. The molecule has 0 aliphatic carbocycles. The van der Waals surface area contributed by atoms with E-state index in [4.69, 9.17) is 15.3 Å². The maximum atomic E-state index is 10.8. The van der Waals surface area contributed by atoms with Gasteiger partial charge in [-0.25, -0.2) is 0 Å². The first-order valence-electron chi connectivity index (χ1n) is 5.10. The molecule has 16 heavy (non-hydrogen) atoms. The second-order valence-electron chi connectivity index (χ2n) is 3.61. The van der Waals surface area contributed by atoms with Gasteiger partial charge < -0.3 is 15.3 Å². The standard InChI is InChI=1S/C10H16O6/c11-8(12)5-1-3-7(10(15)16)4-2-6-9(13)14/h7H,1-6H2,(H,11,12)(H,13,14)(H,15,16). The predicted octanol–water partition coefficient (Wildman–Crippen LogP) is 1.20. The van der Waals surface area contributed by atoms with Gasteiger partial charge in [0.05, 0.1) is 5.92 Å². The molecule has 0 aliphatic rings. The van der Waals surface area contributed by atoms with Crippen molar-refractivity contribution in [2.75, 3.05) is 0 Å². The van der Waals surface area contributed by atoms with Gasteiger partial charge in [-0.1, -0.05) is 0 Å². The number of rotatable bonds is 9. The van der Waals surface area contributed by atoms with Gasteiger partial charge in [0.2, 0.25) is 0 Å². The second-order valence-corrected chi connectivity index (χ2v) is 3.61. The van der Waals surface area contributed by atoms with Crippen molar-refractivity contribution >= 4 is 17.9 Å². The Morgan fingerprint density at radius 2 is 1.19 bits per heavy atom. The highest BCUT2D eigenvalue weighted by molar-refractivity contribution is 5.70. The van der Waals surface area contributed by atoms with E-state index < -0.39 is 23.8 Å². The van der Waals surface area contributed by atoms with E-state index in [0.29, 0.717) is 12.8 Å². The molecule has 0 atom stereocenters. The van der Waals surface area contributed by atoms with Crippen molar-refractivity contribution in [3.05, 3.63) is 0 Å². The van der Waals surface area contributed by atoms with E-state index in [1.807, 2.05) is 0 Å². The highest BCUT2D eigenvalue weighted by Crippen LogP contribution is 2.16. The molecular weight excluding hydrogens is 216 g/mol. The molecule has 0 amide bonds. The zero-order valence-electron chi connectivity index (χ0n) is 8.89. The smallest absolute Gasteiger partial charge is 0.306 e. The van der Waals surface area contributed by atoms with Crippen molar-refractivity contribution in [1.29, 1.82) is 0 Å². The minimum absolute atomic E-state index is 0.0529. The van der Waals surface area contributed by atoms with E-state index in [1.54, 1.807) is 0 Å². The maximum Gasteiger partial charge on any atom is 0.306 e. The van der Waals surface area contributed by atoms with E-state index in [1.165, 1.54) is 0 Å². The van der Waals surface area contributed by atoms with Gasteiger partial charge in [-0.15, -0.1) is 0 Å². The Kier molecular flexibility index (Phi) is 6.91. The Bertz CT molecular complexity index is 240. The van der Waals surface area contributed by atoms with Gasteiger partial charge in [-0.3, -0.25) is 14.4 Å². The summed E-state index contributed by atoms with van der Waals surface area (Å²) in [7, 11) is 0. The Morgan fingerprint density at radius 1 is 0.812 bits per heavy atom. The largest absolute Gasteiger partial charge is 0.481 e. The fourth-order valence-electron chi connectivity index (χ4n) is 1.39. The normalized spacial score (nSPS) is 10.3. The summed E-state index contributed by atoms with van der Waals surface area (Å²) >= 11 is 0. The molecule has 0 fully saturated rings. The molecular formula is C10H16O6. The van der Waals surface area contributed by atoms with E-state index in [0.717, 1.165) is 0 Å². The number of hydrogen-bond donors (Lipinski definition) is 3. The first-order valence-corrected chi connectivity index (χ1v) is 5.10. The summed E-state index contributed by atoms with van der Waals surface area (Å²) in [5.74, 6) is -3.53. The van der Waals surface area contributed by atoms with Crippen LogP contribution < -0.4 is 0 Å². The van der Waals surface area contributed by atoms with Crippen molar-refractivity contribution in [1.82, 2.24) is 0 Å². The Balaban J connectivity index is 3.84. The lowest BCUT2D eigenvalue weighted by Crippen LogP contribution is -2.14. The molecule has 0 aromatic heterocycles. The van der Waals surface area contributed by atoms with E-state index >= 15 is 0 Å². The first-order chi connectivity index (χ1) is 7.43. The summed E-state index contributed by atoms with van der Waals surface area (Å²) in [5.41, 5.74) is 0. The van der Waals surface area contributed by atoms with Gasteiger partial charge in [-0.05, 0) is 25.7 Å². The van der Waals surface area contributed by atoms with Crippen LogP contribution in [0, 0.1) is 5.92 Å². The molecule has 0 bridgehead atoms. The van der Waals surface area contributed by atoms with Gasteiger partial charge in [0.15, 0.2) is 0 Å². The minimum atomic E-state index is -0.990. The first kappa shape index (κ1) is 14.4. The molecule has 92 valence electrons. The Labute approximate surface area is 92.9 Å². The van der Waals surface area contributed by atoms with Gasteiger partial charge >= 0.3 is 17.9 Å². The second kappa shape index (κ2) is 7.67. The van der Waals surface area contributed by atoms with Crippen LogP contribution in [0.4, 0.5) is 0 Å². The van der Waals surface area contributed by atoms with Crippen molar-refractivity contribution in [2.45, 2.75) is 38.5 Å². The van der Waals surface area contributed by atoms with E-state index in [9.17, 15) is 14.4 Å². The third-order valence-electron chi connectivity index (χ3n) is 2.24. The van der Waals surface area contributed by atoms with Crippen LogP contribution in [0.2, 0.25) is 0 Å². The average Bonchev–Trinajstić information content (AvgIpc) is 2.14. The molecule has 6 heteroatoms. The molecule has 0 unspecified atom stereocenters. The summed E-state index contributed by atoms with van der Waals surface area (Å²) in [6.07, 6.45) is 1.06. The van der Waals surface area contributed by atoms with Gasteiger partial charge in [-0.2, -0.15) is 0 Å². The highest BCUT2D eigenvalue weighted by atomic mass is 16.4. The summed E-state index contributed by atoms with van der Waals surface area (Å²) in [6.45, 7) is 0. The van der Waals surface area contributed by atoms with Crippen LogP contribution in [0.25, 0.3) is 0 Å². The summed E-state index contributed by atoms with van der Waals surface area (Å²) in [6, 6.07) is 0. The zero-order valence-corrected chi connectivity index (χ0v) is 8.89. The van der Waals surface area contributed by atoms with Crippen LogP contribution in [-0.2, 0) is 14.4 Å². The molecule has 0 aromatic carbocycles. The van der Waals surface area contributed by atoms with Crippen molar-refractivity contribution in [3.8, 4) is 0 Å². The quantitative estimate of drug-likeness (QED) is 0.550. The molecule has 0 saturated carbocycles. The van der Waals surface area contributed by atoms with E-state index in [2.05, 4.69) is 0 Å². The predicted molar refractivity (Wildman–Crippen MR) is 54.1 cm³/mol. The van der Waals surface area contributed by atoms with Crippen molar-refractivity contribution in [2.24, 2.45) is 5.92 Å². The Hall–Kier alpha value is -1.59. The summed E-state index contributed by atoms with van der Waals surface area (Å²) < 4.78 is 0. The lowest BCUT2D eigenvalue weighted by atomic mass is 9.96. The molecule has 0 rings (SSSR count). The summed E-state index contributed by atoms with van der Waals surface area (Å²) in [4.78, 5) is 31.2. The minimum Gasteiger partial charge on any atom is -0.481 e. The zero-order chi connectivity index (χ0) is 12.6. The van der Waals surface area contributed by atoms with Gasteiger partial charge in [0.25, 0.3) is 0 Å². The number of carboxylic acids is 3. The topological polar surface area (TPSA) is 112 Å². The average molecular weight is 232 g/mol. The molecule has 0 saturated heterocycles. The molecule has 0 aliphatic heterocycles. The van der Waals surface area contributed by atoms with Crippen LogP contribution in [0.3, 0.4) is 0 Å². The van der Waals surface area contributed by atoms with Crippen molar-refractivity contribution < 1.29 is 29.7 Å². The summed E-state index contributed by atoms with van der Waals surface area (Å²) in [5, 5.41) is 25.6. The van der Waals surface area contributed by atoms with Gasteiger partial charge in [0.1, 0.15) is 0 Å². The molecule has 6 nitrogen and oxygen atoms in total. The molecule has 0 radical (unpaired) electrons. The SMILES string of the molecule is O=C(O)CCCC(CCCC(=O)O)C(=O)O. The molecule has 3 N–H and O–H groups in total. The van der Waals surface area contributed by atoms with Crippen molar-refractivity contribution in [3.63, 3.8) is 0 Å². The number of aliphatic carboxylic acids is 3.